The molecule has 0 N–H and O–H groups in total. The quantitative estimate of drug-likeness (QED) is 0.394. The Morgan fingerprint density at radius 2 is 2.04 bits per heavy atom. The molecule has 0 saturated carbocycles. The number of carbonyl (C=O) groups is 1. The number of nitrogens with zero attached hydrogens (tertiary/aromatic N) is 3. The molecule has 0 aliphatic carbocycles. The number of hydrogen-bond donors (Lipinski definition) is 0. The molecule has 0 aliphatic rings. The van der Waals surface area contributed by atoms with E-state index >= 15 is 0 Å². The number of halogens is 1. The van der Waals surface area contributed by atoms with Gasteiger partial charge in [0.1, 0.15) is 0 Å². The number of para-hydroxylation sites is 1. The third kappa shape index (κ3) is 4.55. The minimum absolute atomic E-state index is 0.0481. The molecule has 8 heteroatoms. The van der Waals surface area contributed by atoms with Crippen LogP contribution in [-0.2, 0) is 22.6 Å². The second-order valence-corrected chi connectivity index (χ2v) is 7.66. The number of carbonyl (C=O) groups excluding carboxylic acids is 1. The number of benzene rings is 2. The van der Waals surface area contributed by atoms with Crippen LogP contribution in [0.1, 0.15) is 23.7 Å². The molecule has 4 aromatic rings. The van der Waals surface area contributed by atoms with Crippen LogP contribution in [0.2, 0.25) is 5.02 Å². The number of ether oxygens (including phenoxy) is 1. The van der Waals surface area contributed by atoms with E-state index in [1.54, 1.807) is 29.5 Å². The summed E-state index contributed by atoms with van der Waals surface area (Å²) in [6.07, 6.45) is 1.73. The highest BCUT2D eigenvalue weighted by Crippen LogP contribution is 2.23. The van der Waals surface area contributed by atoms with Crippen LogP contribution in [0, 0.1) is 0 Å². The standard InChI is InChI=1S/C20H16ClN3O3S/c21-14-6-3-5-13(11-14)20-23-17(27-24-20)12-26-19(25)10-4-9-18-22-15-7-1-2-8-16(15)28-18/h1-3,5-8,11H,4,9-10,12H2. The minimum Gasteiger partial charge on any atom is -0.456 e. The number of hydrogen-bond acceptors (Lipinski definition) is 7. The summed E-state index contributed by atoms with van der Waals surface area (Å²) in [5, 5.41) is 5.50. The summed E-state index contributed by atoms with van der Waals surface area (Å²) in [7, 11) is 0. The van der Waals surface area contributed by atoms with Crippen LogP contribution >= 0.6 is 22.9 Å². The number of aryl methyl sites for hydroxylation is 1. The van der Waals surface area contributed by atoms with E-state index in [-0.39, 0.29) is 18.5 Å². The summed E-state index contributed by atoms with van der Waals surface area (Å²) in [6.45, 7) is -0.0481. The van der Waals surface area contributed by atoms with Gasteiger partial charge >= 0.3 is 5.97 Å². The second-order valence-electron chi connectivity index (χ2n) is 6.11. The van der Waals surface area contributed by atoms with Crippen molar-refractivity contribution in [3.63, 3.8) is 0 Å². The van der Waals surface area contributed by atoms with Gasteiger partial charge in [-0.25, -0.2) is 4.98 Å². The lowest BCUT2D eigenvalue weighted by Crippen LogP contribution is -2.05. The van der Waals surface area contributed by atoms with Crippen LogP contribution in [-0.4, -0.2) is 21.1 Å². The average Bonchev–Trinajstić information content (AvgIpc) is 3.33. The van der Waals surface area contributed by atoms with E-state index in [0.717, 1.165) is 27.2 Å². The van der Waals surface area contributed by atoms with Crippen LogP contribution in [0.5, 0.6) is 0 Å². The van der Waals surface area contributed by atoms with E-state index in [1.807, 2.05) is 30.3 Å². The Morgan fingerprint density at radius 1 is 1.14 bits per heavy atom. The Labute approximate surface area is 170 Å². The first-order valence-corrected chi connectivity index (χ1v) is 9.95. The highest BCUT2D eigenvalue weighted by atomic mass is 35.5. The summed E-state index contributed by atoms with van der Waals surface area (Å²) in [6, 6.07) is 15.1. The van der Waals surface area contributed by atoms with Gasteiger partial charge in [-0.3, -0.25) is 4.79 Å². The lowest BCUT2D eigenvalue weighted by molar-refractivity contribution is -0.145. The maximum Gasteiger partial charge on any atom is 0.306 e. The van der Waals surface area contributed by atoms with Crippen molar-refractivity contribution in [2.45, 2.75) is 25.9 Å². The van der Waals surface area contributed by atoms with Gasteiger partial charge in [0.25, 0.3) is 5.89 Å². The Kier molecular flexibility index (Phi) is 5.64. The largest absolute Gasteiger partial charge is 0.456 e. The number of aromatic nitrogens is 3. The third-order valence-corrected chi connectivity index (χ3v) is 5.35. The molecule has 0 saturated heterocycles. The monoisotopic (exact) mass is 413 g/mol. The lowest BCUT2D eigenvalue weighted by atomic mass is 10.2. The first-order valence-electron chi connectivity index (χ1n) is 8.76. The van der Waals surface area contributed by atoms with Crippen molar-refractivity contribution < 1.29 is 14.1 Å². The topological polar surface area (TPSA) is 78.1 Å². The Hall–Kier alpha value is -2.77. The Bertz CT molecular complexity index is 1080. The fraction of sp³-hybridized carbons (Fsp3) is 0.200. The minimum atomic E-state index is -0.302. The Balaban J connectivity index is 1.24. The maximum atomic E-state index is 12.0. The zero-order valence-corrected chi connectivity index (χ0v) is 16.4. The summed E-state index contributed by atoms with van der Waals surface area (Å²) >= 11 is 7.62. The van der Waals surface area contributed by atoms with Gasteiger partial charge in [-0.05, 0) is 37.1 Å². The van der Waals surface area contributed by atoms with Crippen molar-refractivity contribution >= 4 is 39.1 Å². The van der Waals surface area contributed by atoms with Gasteiger partial charge in [-0.1, -0.05) is 41.0 Å². The van der Waals surface area contributed by atoms with E-state index in [1.165, 1.54) is 0 Å². The zero-order valence-electron chi connectivity index (χ0n) is 14.8. The van der Waals surface area contributed by atoms with Gasteiger partial charge in [-0.2, -0.15) is 4.98 Å². The summed E-state index contributed by atoms with van der Waals surface area (Å²) < 4.78 is 11.5. The van der Waals surface area contributed by atoms with Crippen molar-refractivity contribution in [3.05, 3.63) is 64.5 Å². The molecule has 0 unspecified atom stereocenters. The second kappa shape index (κ2) is 8.50. The van der Waals surface area contributed by atoms with Crippen molar-refractivity contribution in [3.8, 4) is 11.4 Å². The molecule has 2 aromatic heterocycles. The van der Waals surface area contributed by atoms with Crippen molar-refractivity contribution in [1.82, 2.24) is 15.1 Å². The van der Waals surface area contributed by atoms with E-state index in [0.29, 0.717) is 23.7 Å². The molecule has 0 amide bonds. The van der Waals surface area contributed by atoms with Gasteiger partial charge in [-0.15, -0.1) is 11.3 Å². The molecule has 0 aliphatic heterocycles. The van der Waals surface area contributed by atoms with Crippen LogP contribution in [0.15, 0.2) is 53.1 Å². The SMILES string of the molecule is O=C(CCCc1nc2ccccc2s1)OCc1nc(-c2cccc(Cl)c2)no1. The van der Waals surface area contributed by atoms with Crippen molar-refractivity contribution in [1.29, 1.82) is 0 Å². The van der Waals surface area contributed by atoms with E-state index < -0.39 is 0 Å². The van der Waals surface area contributed by atoms with Crippen LogP contribution in [0.3, 0.4) is 0 Å². The molecular formula is C20H16ClN3O3S. The molecule has 28 heavy (non-hydrogen) atoms. The summed E-state index contributed by atoms with van der Waals surface area (Å²) in [5.41, 5.74) is 1.74. The van der Waals surface area contributed by atoms with E-state index in [2.05, 4.69) is 15.1 Å². The summed E-state index contributed by atoms with van der Waals surface area (Å²) in [4.78, 5) is 20.7. The van der Waals surface area contributed by atoms with Gasteiger partial charge in [0.2, 0.25) is 5.82 Å². The fourth-order valence-corrected chi connectivity index (χ4v) is 3.88. The first-order chi connectivity index (χ1) is 13.7. The molecule has 4 rings (SSSR count). The van der Waals surface area contributed by atoms with Crippen molar-refractivity contribution in [2.75, 3.05) is 0 Å². The first kappa shape index (κ1) is 18.6. The van der Waals surface area contributed by atoms with E-state index in [4.69, 9.17) is 20.9 Å². The molecule has 0 spiro atoms. The summed E-state index contributed by atoms with van der Waals surface area (Å²) in [5.74, 6) is 0.350. The van der Waals surface area contributed by atoms with E-state index in [9.17, 15) is 4.79 Å². The normalized spacial score (nSPS) is 11.0. The van der Waals surface area contributed by atoms with Gasteiger partial charge in [0, 0.05) is 17.0 Å². The van der Waals surface area contributed by atoms with Crippen LogP contribution in [0.25, 0.3) is 21.6 Å². The smallest absolute Gasteiger partial charge is 0.306 e. The van der Waals surface area contributed by atoms with Crippen LogP contribution in [0.4, 0.5) is 0 Å². The molecule has 0 radical (unpaired) electrons. The highest BCUT2D eigenvalue weighted by molar-refractivity contribution is 7.18. The molecule has 0 fully saturated rings. The predicted molar refractivity (Wildman–Crippen MR) is 107 cm³/mol. The molecule has 6 nitrogen and oxygen atoms in total. The molecule has 142 valence electrons. The zero-order chi connectivity index (χ0) is 19.3. The lowest BCUT2D eigenvalue weighted by Gasteiger charge is -2.00. The Morgan fingerprint density at radius 3 is 2.89 bits per heavy atom. The maximum absolute atomic E-state index is 12.0. The van der Waals surface area contributed by atoms with Gasteiger partial charge < -0.3 is 9.26 Å². The number of rotatable bonds is 7. The molecule has 0 atom stereocenters. The molecular weight excluding hydrogens is 398 g/mol. The van der Waals surface area contributed by atoms with Crippen molar-refractivity contribution in [2.24, 2.45) is 0 Å². The van der Waals surface area contributed by atoms with Gasteiger partial charge in [0.15, 0.2) is 6.61 Å². The number of thiazole rings is 1. The predicted octanol–water partition coefficient (Wildman–Crippen LogP) is 5.07. The fourth-order valence-electron chi connectivity index (χ4n) is 2.68. The average molecular weight is 414 g/mol. The highest BCUT2D eigenvalue weighted by Gasteiger charge is 2.12. The third-order valence-electron chi connectivity index (χ3n) is 4.02. The number of esters is 1. The molecule has 2 aromatic carbocycles. The molecule has 0 bridgehead atoms. The van der Waals surface area contributed by atoms with Crippen LogP contribution < -0.4 is 0 Å². The number of fused-ring (bicyclic) bond motifs is 1. The van der Waals surface area contributed by atoms with Gasteiger partial charge in [0.05, 0.1) is 15.2 Å². The molecule has 2 heterocycles.